The highest BCUT2D eigenvalue weighted by atomic mass is 35.5. The molecule has 0 radical (unpaired) electrons. The molecule has 3 aromatic rings. The molecule has 0 saturated carbocycles. The van der Waals surface area contributed by atoms with E-state index in [0.717, 1.165) is 4.57 Å². The average molecular weight is 378 g/mol. The van der Waals surface area contributed by atoms with E-state index in [1.54, 1.807) is 36.4 Å². The summed E-state index contributed by atoms with van der Waals surface area (Å²) >= 11 is 11.8. The van der Waals surface area contributed by atoms with Crippen molar-refractivity contribution >= 4 is 45.7 Å². The third-order valence-electron chi connectivity index (χ3n) is 3.75. The van der Waals surface area contributed by atoms with Gasteiger partial charge in [-0.1, -0.05) is 35.3 Å². The number of carbonyl (C=O) groups is 1. The number of nitrogens with one attached hydrogen (secondary N) is 1. The van der Waals surface area contributed by atoms with Crippen molar-refractivity contribution in [1.29, 1.82) is 0 Å². The summed E-state index contributed by atoms with van der Waals surface area (Å²) in [6.07, 6.45) is 0. The Bertz CT molecular complexity index is 1100. The number of anilines is 1. The highest BCUT2D eigenvalue weighted by Gasteiger charge is 2.13. The van der Waals surface area contributed by atoms with E-state index in [1.165, 1.54) is 17.7 Å². The summed E-state index contributed by atoms with van der Waals surface area (Å²) in [7, 11) is 1.38. The van der Waals surface area contributed by atoms with Gasteiger partial charge in [0.05, 0.1) is 20.9 Å². The zero-order valence-electron chi connectivity index (χ0n) is 13.1. The van der Waals surface area contributed by atoms with Gasteiger partial charge in [0.15, 0.2) is 0 Å². The molecule has 0 atom stereocenters. The molecule has 128 valence electrons. The van der Waals surface area contributed by atoms with Crippen molar-refractivity contribution in [3.8, 4) is 0 Å². The highest BCUT2D eigenvalue weighted by molar-refractivity contribution is 6.42. The second kappa shape index (κ2) is 6.74. The molecule has 0 aliphatic heterocycles. The van der Waals surface area contributed by atoms with Crippen molar-refractivity contribution in [2.75, 3.05) is 5.32 Å². The molecule has 0 bridgehead atoms. The number of hydrogen-bond acceptors (Lipinski definition) is 3. The van der Waals surface area contributed by atoms with Crippen molar-refractivity contribution in [1.82, 2.24) is 9.13 Å². The zero-order chi connectivity index (χ0) is 18.1. The summed E-state index contributed by atoms with van der Waals surface area (Å²) in [5.41, 5.74) is -0.101. The largest absolute Gasteiger partial charge is 0.331 e. The maximum Gasteiger partial charge on any atom is 0.331 e. The molecule has 0 unspecified atom stereocenters. The minimum Gasteiger partial charge on any atom is -0.324 e. The van der Waals surface area contributed by atoms with E-state index < -0.39 is 17.2 Å². The first-order valence-corrected chi connectivity index (χ1v) is 8.07. The number of nitrogens with zero attached hydrogens (tertiary/aromatic N) is 2. The van der Waals surface area contributed by atoms with Gasteiger partial charge in [-0.2, -0.15) is 0 Å². The van der Waals surface area contributed by atoms with Crippen molar-refractivity contribution < 1.29 is 4.79 Å². The van der Waals surface area contributed by atoms with E-state index in [9.17, 15) is 14.4 Å². The lowest BCUT2D eigenvalue weighted by Gasteiger charge is -2.12. The second-order valence-electron chi connectivity index (χ2n) is 5.43. The second-order valence-corrected chi connectivity index (χ2v) is 6.24. The molecule has 3 rings (SSSR count). The summed E-state index contributed by atoms with van der Waals surface area (Å²) in [5, 5.41) is 3.71. The fourth-order valence-corrected chi connectivity index (χ4v) is 2.81. The molecular formula is C17H13Cl2N3O3. The molecule has 1 aromatic heterocycles. The number of para-hydroxylation sites is 1. The van der Waals surface area contributed by atoms with Crippen LogP contribution in [0.2, 0.25) is 10.0 Å². The molecule has 8 heteroatoms. The summed E-state index contributed by atoms with van der Waals surface area (Å²) < 4.78 is 2.23. The molecule has 0 aliphatic carbocycles. The molecule has 1 amide bonds. The Labute approximate surface area is 152 Å². The molecule has 0 saturated heterocycles. The fraction of sp³-hybridized carbons (Fsp3) is 0.118. The molecule has 0 spiro atoms. The van der Waals surface area contributed by atoms with E-state index in [1.807, 2.05) is 0 Å². The van der Waals surface area contributed by atoms with Crippen LogP contribution in [0.1, 0.15) is 0 Å². The quantitative estimate of drug-likeness (QED) is 0.762. The average Bonchev–Trinajstić information content (AvgIpc) is 2.60. The number of hydrogen-bond donors (Lipinski definition) is 1. The first-order valence-electron chi connectivity index (χ1n) is 7.32. The van der Waals surface area contributed by atoms with Crippen LogP contribution in [0.25, 0.3) is 10.9 Å². The Hall–Kier alpha value is -2.57. The maximum absolute atomic E-state index is 12.4. The van der Waals surface area contributed by atoms with Gasteiger partial charge in [0.25, 0.3) is 5.56 Å². The Morgan fingerprint density at radius 2 is 1.80 bits per heavy atom. The summed E-state index contributed by atoms with van der Waals surface area (Å²) in [4.78, 5) is 36.9. The number of rotatable bonds is 3. The van der Waals surface area contributed by atoms with Crippen molar-refractivity contribution in [2.45, 2.75) is 6.54 Å². The number of halogens is 2. The Kier molecular flexibility index (Phi) is 4.65. The number of benzene rings is 2. The first kappa shape index (κ1) is 17.3. The van der Waals surface area contributed by atoms with Gasteiger partial charge in [0.1, 0.15) is 6.54 Å². The number of aromatic nitrogens is 2. The van der Waals surface area contributed by atoms with Crippen LogP contribution in [-0.2, 0) is 18.4 Å². The number of amides is 1. The van der Waals surface area contributed by atoms with Gasteiger partial charge in [-0.15, -0.1) is 0 Å². The first-order chi connectivity index (χ1) is 11.9. The van der Waals surface area contributed by atoms with Crippen LogP contribution in [0.15, 0.2) is 52.1 Å². The van der Waals surface area contributed by atoms with Gasteiger partial charge in [-0.25, -0.2) is 4.79 Å². The lowest BCUT2D eigenvalue weighted by atomic mass is 10.2. The Morgan fingerprint density at radius 3 is 2.52 bits per heavy atom. The standard InChI is InChI=1S/C17H13Cl2N3O3/c1-21-16(24)11-4-2-3-5-14(11)22(17(21)25)9-15(23)20-10-6-7-12(18)13(19)8-10/h2-8H,9H2,1H3,(H,20,23). The van der Waals surface area contributed by atoms with E-state index in [4.69, 9.17) is 23.2 Å². The van der Waals surface area contributed by atoms with Crippen LogP contribution < -0.4 is 16.6 Å². The predicted molar refractivity (Wildman–Crippen MR) is 98.5 cm³/mol. The maximum atomic E-state index is 12.4. The Morgan fingerprint density at radius 1 is 1.08 bits per heavy atom. The molecule has 1 N–H and O–H groups in total. The monoisotopic (exact) mass is 377 g/mol. The van der Waals surface area contributed by atoms with Gasteiger partial charge < -0.3 is 5.32 Å². The lowest BCUT2D eigenvalue weighted by molar-refractivity contribution is -0.116. The number of fused-ring (bicyclic) bond motifs is 1. The van der Waals surface area contributed by atoms with Gasteiger partial charge in [0.2, 0.25) is 5.91 Å². The van der Waals surface area contributed by atoms with Gasteiger partial charge in [-0.05, 0) is 30.3 Å². The van der Waals surface area contributed by atoms with E-state index >= 15 is 0 Å². The molecule has 1 heterocycles. The highest BCUT2D eigenvalue weighted by Crippen LogP contribution is 2.25. The summed E-state index contributed by atoms with van der Waals surface area (Å²) in [6, 6.07) is 11.3. The smallest absolute Gasteiger partial charge is 0.324 e. The Balaban J connectivity index is 1.97. The molecule has 2 aromatic carbocycles. The minimum atomic E-state index is -0.562. The molecule has 25 heavy (non-hydrogen) atoms. The van der Waals surface area contributed by atoms with Crippen LogP contribution in [-0.4, -0.2) is 15.0 Å². The van der Waals surface area contributed by atoms with Crippen LogP contribution >= 0.6 is 23.2 Å². The molecule has 0 fully saturated rings. The minimum absolute atomic E-state index is 0.242. The van der Waals surface area contributed by atoms with E-state index in [0.29, 0.717) is 26.6 Å². The molecule has 0 aliphatic rings. The van der Waals surface area contributed by atoms with Crippen LogP contribution in [0.5, 0.6) is 0 Å². The lowest BCUT2D eigenvalue weighted by Crippen LogP contribution is -2.40. The molecular weight excluding hydrogens is 365 g/mol. The number of carbonyl (C=O) groups excluding carboxylic acids is 1. The summed E-state index contributed by atoms with van der Waals surface area (Å²) in [5.74, 6) is -0.427. The zero-order valence-corrected chi connectivity index (χ0v) is 14.6. The van der Waals surface area contributed by atoms with Crippen LogP contribution in [0.3, 0.4) is 0 Å². The topological polar surface area (TPSA) is 73.1 Å². The third-order valence-corrected chi connectivity index (χ3v) is 4.49. The third kappa shape index (κ3) is 3.31. The van der Waals surface area contributed by atoms with Gasteiger partial charge in [0, 0.05) is 12.7 Å². The van der Waals surface area contributed by atoms with Crippen molar-refractivity contribution in [3.63, 3.8) is 0 Å². The molecule has 6 nitrogen and oxygen atoms in total. The normalized spacial score (nSPS) is 10.8. The summed E-state index contributed by atoms with van der Waals surface area (Å²) in [6.45, 7) is -0.242. The SMILES string of the molecule is Cn1c(=O)c2ccccc2n(CC(=O)Nc2ccc(Cl)c(Cl)c2)c1=O. The van der Waals surface area contributed by atoms with Crippen molar-refractivity contribution in [3.05, 3.63) is 73.3 Å². The fourth-order valence-electron chi connectivity index (χ4n) is 2.51. The van der Waals surface area contributed by atoms with Gasteiger partial charge >= 0.3 is 5.69 Å². The van der Waals surface area contributed by atoms with Crippen molar-refractivity contribution in [2.24, 2.45) is 7.05 Å². The van der Waals surface area contributed by atoms with Gasteiger partial charge in [-0.3, -0.25) is 18.7 Å². The van der Waals surface area contributed by atoms with E-state index in [-0.39, 0.29) is 6.54 Å². The van der Waals surface area contributed by atoms with Crippen LogP contribution in [0.4, 0.5) is 5.69 Å². The van der Waals surface area contributed by atoms with Crippen LogP contribution in [0, 0.1) is 0 Å². The predicted octanol–water partition coefficient (Wildman–Crippen LogP) is 2.65. The van der Waals surface area contributed by atoms with E-state index in [2.05, 4.69) is 5.32 Å².